The Morgan fingerprint density at radius 1 is 1.37 bits per heavy atom. The van der Waals surface area contributed by atoms with E-state index < -0.39 is 17.2 Å². The van der Waals surface area contributed by atoms with E-state index in [-0.39, 0.29) is 28.6 Å². The van der Waals surface area contributed by atoms with Gasteiger partial charge < -0.3 is 10.2 Å². The molecule has 3 rings (SSSR count). The van der Waals surface area contributed by atoms with Crippen molar-refractivity contribution in [2.45, 2.75) is 45.6 Å². The van der Waals surface area contributed by atoms with Crippen molar-refractivity contribution in [3.05, 3.63) is 51.4 Å². The third-order valence-electron chi connectivity index (χ3n) is 5.28. The Morgan fingerprint density at radius 3 is 2.83 bits per heavy atom. The lowest BCUT2D eigenvalue weighted by atomic mass is 9.96. The Labute approximate surface area is 178 Å². The molecule has 0 saturated carbocycles. The lowest BCUT2D eigenvalue weighted by molar-refractivity contribution is -0.125. The van der Waals surface area contributed by atoms with Crippen molar-refractivity contribution >= 4 is 23.2 Å². The van der Waals surface area contributed by atoms with Crippen LogP contribution in [-0.2, 0) is 4.79 Å². The molecule has 1 fully saturated rings. The Kier molecular flexibility index (Phi) is 7.07. The highest BCUT2D eigenvalue weighted by atomic mass is 35.5. The predicted molar refractivity (Wildman–Crippen MR) is 112 cm³/mol. The second-order valence-corrected chi connectivity index (χ2v) is 8.02. The standard InChI is InChI=1S/C21H25ClF2N4O2/c1-3-5-13(2)26-20(29)14-6-4-9-27(12-14)18-11-25-28(21(30)19(18)22)17-8-7-15(23)10-16(17)24/h7-8,10-11,13-14H,3-6,9,12H2,1-2H3,(H,26,29). The van der Waals surface area contributed by atoms with Crippen molar-refractivity contribution in [1.29, 1.82) is 0 Å². The molecule has 162 valence electrons. The molecule has 6 nitrogen and oxygen atoms in total. The molecule has 1 aromatic carbocycles. The number of anilines is 1. The average Bonchev–Trinajstić information content (AvgIpc) is 2.71. The molecule has 30 heavy (non-hydrogen) atoms. The molecule has 1 N–H and O–H groups in total. The van der Waals surface area contributed by atoms with Gasteiger partial charge in [0, 0.05) is 25.2 Å². The van der Waals surface area contributed by atoms with E-state index >= 15 is 0 Å². The number of nitrogens with zero attached hydrogens (tertiary/aromatic N) is 3. The summed E-state index contributed by atoms with van der Waals surface area (Å²) in [5.74, 6) is -1.89. The average molecular weight is 439 g/mol. The summed E-state index contributed by atoms with van der Waals surface area (Å²) < 4.78 is 28.0. The largest absolute Gasteiger partial charge is 0.368 e. The highest BCUT2D eigenvalue weighted by Gasteiger charge is 2.28. The quantitative estimate of drug-likeness (QED) is 0.747. The molecule has 1 aliphatic heterocycles. The Morgan fingerprint density at radius 2 is 2.13 bits per heavy atom. The van der Waals surface area contributed by atoms with Crippen LogP contribution in [0.15, 0.2) is 29.2 Å². The Balaban J connectivity index is 1.81. The van der Waals surface area contributed by atoms with Gasteiger partial charge in [0.1, 0.15) is 16.5 Å². The van der Waals surface area contributed by atoms with Crippen LogP contribution in [0.2, 0.25) is 5.02 Å². The summed E-state index contributed by atoms with van der Waals surface area (Å²) in [6.45, 7) is 5.10. The minimum absolute atomic E-state index is 0.00791. The van der Waals surface area contributed by atoms with E-state index in [2.05, 4.69) is 17.3 Å². The molecule has 0 radical (unpaired) electrons. The van der Waals surface area contributed by atoms with Crippen LogP contribution in [-0.4, -0.2) is 34.8 Å². The van der Waals surface area contributed by atoms with Crippen molar-refractivity contribution in [1.82, 2.24) is 15.1 Å². The van der Waals surface area contributed by atoms with Gasteiger partial charge in [-0.3, -0.25) is 9.59 Å². The zero-order valence-corrected chi connectivity index (χ0v) is 17.8. The second-order valence-electron chi connectivity index (χ2n) is 7.64. The van der Waals surface area contributed by atoms with Crippen molar-refractivity contribution in [2.24, 2.45) is 5.92 Å². The summed E-state index contributed by atoms with van der Waals surface area (Å²) in [5.41, 5.74) is -0.488. The van der Waals surface area contributed by atoms with Crippen molar-refractivity contribution < 1.29 is 13.6 Å². The van der Waals surface area contributed by atoms with Crippen LogP contribution >= 0.6 is 11.6 Å². The summed E-state index contributed by atoms with van der Waals surface area (Å²) in [4.78, 5) is 27.2. The number of carbonyl (C=O) groups is 1. The lowest BCUT2D eigenvalue weighted by Crippen LogP contribution is -2.45. The van der Waals surface area contributed by atoms with Gasteiger partial charge in [-0.25, -0.2) is 8.78 Å². The monoisotopic (exact) mass is 438 g/mol. The van der Waals surface area contributed by atoms with Gasteiger partial charge in [0.25, 0.3) is 5.56 Å². The molecule has 2 atom stereocenters. The van der Waals surface area contributed by atoms with Crippen LogP contribution in [0.25, 0.3) is 5.69 Å². The zero-order chi connectivity index (χ0) is 21.8. The number of benzene rings is 1. The summed E-state index contributed by atoms with van der Waals surface area (Å²) >= 11 is 6.31. The van der Waals surface area contributed by atoms with Gasteiger partial charge in [-0.15, -0.1) is 0 Å². The summed E-state index contributed by atoms with van der Waals surface area (Å²) in [5, 5.41) is 6.95. The number of aromatic nitrogens is 2. The van der Waals surface area contributed by atoms with Gasteiger partial charge in [0.2, 0.25) is 5.91 Å². The topological polar surface area (TPSA) is 67.2 Å². The maximum absolute atomic E-state index is 14.1. The fourth-order valence-corrected chi connectivity index (χ4v) is 3.99. The van der Waals surface area contributed by atoms with Gasteiger partial charge in [-0.1, -0.05) is 24.9 Å². The Hall–Kier alpha value is -2.48. The molecule has 9 heteroatoms. The van der Waals surface area contributed by atoms with Crippen LogP contribution in [0.4, 0.5) is 14.5 Å². The minimum atomic E-state index is -0.913. The number of amides is 1. The number of halogens is 3. The summed E-state index contributed by atoms with van der Waals surface area (Å²) in [6, 6.07) is 2.96. The first-order valence-corrected chi connectivity index (χ1v) is 10.5. The van der Waals surface area contributed by atoms with Gasteiger partial charge in [0.15, 0.2) is 5.82 Å². The highest BCUT2D eigenvalue weighted by Crippen LogP contribution is 2.27. The second kappa shape index (κ2) is 9.55. The third kappa shape index (κ3) is 4.80. The lowest BCUT2D eigenvalue weighted by Gasteiger charge is -2.34. The van der Waals surface area contributed by atoms with Crippen LogP contribution in [0.3, 0.4) is 0 Å². The predicted octanol–water partition coefficient (Wildman–Crippen LogP) is 3.69. The van der Waals surface area contributed by atoms with Gasteiger partial charge >= 0.3 is 0 Å². The molecule has 1 aromatic heterocycles. The number of piperidine rings is 1. The van der Waals surface area contributed by atoms with Gasteiger partial charge in [-0.05, 0) is 38.3 Å². The first-order valence-electron chi connectivity index (χ1n) is 10.1. The zero-order valence-electron chi connectivity index (χ0n) is 17.0. The number of rotatable bonds is 6. The normalized spacial score (nSPS) is 17.6. The molecule has 0 aliphatic carbocycles. The number of hydrogen-bond donors (Lipinski definition) is 1. The highest BCUT2D eigenvalue weighted by molar-refractivity contribution is 6.33. The van der Waals surface area contributed by atoms with Crippen LogP contribution in [0, 0.1) is 17.6 Å². The molecule has 1 amide bonds. The molecular weight excluding hydrogens is 414 g/mol. The molecule has 1 aliphatic rings. The van der Waals surface area contributed by atoms with Crippen molar-refractivity contribution in [2.75, 3.05) is 18.0 Å². The smallest absolute Gasteiger partial charge is 0.292 e. The summed E-state index contributed by atoms with van der Waals surface area (Å²) in [7, 11) is 0. The fraction of sp³-hybridized carbons (Fsp3) is 0.476. The van der Waals surface area contributed by atoms with E-state index in [1.807, 2.05) is 11.8 Å². The third-order valence-corrected chi connectivity index (χ3v) is 5.64. The molecule has 2 unspecified atom stereocenters. The Bertz CT molecular complexity index is 982. The first-order chi connectivity index (χ1) is 14.3. The SMILES string of the molecule is CCCC(C)NC(=O)C1CCCN(c2cnn(-c3ccc(F)cc3F)c(=O)c2Cl)C1. The van der Waals surface area contributed by atoms with E-state index in [1.54, 1.807) is 0 Å². The molecule has 2 aromatic rings. The van der Waals surface area contributed by atoms with Crippen molar-refractivity contribution in [3.8, 4) is 5.69 Å². The molecule has 0 spiro atoms. The summed E-state index contributed by atoms with van der Waals surface area (Å²) in [6.07, 6.45) is 4.81. The van der Waals surface area contributed by atoms with E-state index in [0.29, 0.717) is 24.8 Å². The van der Waals surface area contributed by atoms with Crippen LogP contribution in [0.5, 0.6) is 0 Å². The van der Waals surface area contributed by atoms with Crippen LogP contribution < -0.4 is 15.8 Å². The first kappa shape index (κ1) is 22.2. The van der Waals surface area contributed by atoms with E-state index in [4.69, 9.17) is 11.6 Å². The van der Waals surface area contributed by atoms with E-state index in [1.165, 1.54) is 6.20 Å². The number of nitrogens with one attached hydrogen (secondary N) is 1. The number of carbonyl (C=O) groups excluding carboxylic acids is 1. The molecule has 0 bridgehead atoms. The van der Waals surface area contributed by atoms with Gasteiger partial charge in [0.05, 0.1) is 17.8 Å². The van der Waals surface area contributed by atoms with Crippen molar-refractivity contribution in [3.63, 3.8) is 0 Å². The van der Waals surface area contributed by atoms with Gasteiger partial charge in [-0.2, -0.15) is 9.78 Å². The minimum Gasteiger partial charge on any atom is -0.368 e. The maximum atomic E-state index is 14.1. The molecule has 1 saturated heterocycles. The number of hydrogen-bond acceptors (Lipinski definition) is 4. The molecular formula is C21H25ClF2N4O2. The van der Waals surface area contributed by atoms with E-state index in [0.717, 1.165) is 42.5 Å². The molecule has 2 heterocycles. The van der Waals surface area contributed by atoms with E-state index in [9.17, 15) is 18.4 Å². The maximum Gasteiger partial charge on any atom is 0.292 e. The van der Waals surface area contributed by atoms with Crippen LogP contribution in [0.1, 0.15) is 39.5 Å². The fourth-order valence-electron chi connectivity index (χ4n) is 3.75.